The zero-order chi connectivity index (χ0) is 11.5. The smallest absolute Gasteiger partial charge is 0.235 e. The summed E-state index contributed by atoms with van der Waals surface area (Å²) in [5.41, 5.74) is 1.38. The number of rotatable bonds is 3. The molecular formula is C12H15NO2. The number of aryl methyl sites for hydroxylation is 1. The molecule has 3 heteroatoms. The van der Waals surface area contributed by atoms with Gasteiger partial charge in [0.2, 0.25) is 6.08 Å². The number of benzene rings is 1. The molecule has 3 nitrogen and oxygen atoms in total. The van der Waals surface area contributed by atoms with Crippen molar-refractivity contribution in [1.82, 2.24) is 0 Å². The van der Waals surface area contributed by atoms with Gasteiger partial charge in [0.25, 0.3) is 0 Å². The fraction of sp³-hybridized carbons (Fsp3) is 0.417. The zero-order valence-electron chi connectivity index (χ0n) is 9.50. The van der Waals surface area contributed by atoms with E-state index in [9.17, 15) is 4.79 Å². The van der Waals surface area contributed by atoms with E-state index in [0.29, 0.717) is 0 Å². The SMILES string of the molecule is COc1cccc(C)c1C(C)(C)N=C=O. The molecular weight excluding hydrogens is 190 g/mol. The molecule has 1 aromatic rings. The van der Waals surface area contributed by atoms with Crippen molar-refractivity contribution in [1.29, 1.82) is 0 Å². The molecule has 0 radical (unpaired) electrons. The minimum absolute atomic E-state index is 0.599. The van der Waals surface area contributed by atoms with Gasteiger partial charge < -0.3 is 4.74 Å². The van der Waals surface area contributed by atoms with E-state index in [1.807, 2.05) is 39.0 Å². The van der Waals surface area contributed by atoms with Crippen LogP contribution in [-0.2, 0) is 10.3 Å². The van der Waals surface area contributed by atoms with Crippen LogP contribution in [-0.4, -0.2) is 13.2 Å². The highest BCUT2D eigenvalue weighted by Gasteiger charge is 2.25. The average Bonchev–Trinajstić information content (AvgIpc) is 2.16. The number of hydrogen-bond acceptors (Lipinski definition) is 3. The first kappa shape index (κ1) is 11.5. The topological polar surface area (TPSA) is 38.7 Å². The van der Waals surface area contributed by atoms with Gasteiger partial charge in [-0.3, -0.25) is 0 Å². The summed E-state index contributed by atoms with van der Waals surface area (Å²) >= 11 is 0. The molecule has 0 saturated heterocycles. The number of carbonyl (C=O) groups excluding carboxylic acids is 1. The second-order valence-corrected chi connectivity index (χ2v) is 3.91. The van der Waals surface area contributed by atoms with Crippen molar-refractivity contribution in [3.8, 4) is 5.75 Å². The summed E-state index contributed by atoms with van der Waals surface area (Å²) in [6.45, 7) is 5.70. The van der Waals surface area contributed by atoms with Crippen LogP contribution in [0, 0.1) is 6.92 Å². The molecule has 15 heavy (non-hydrogen) atoms. The third kappa shape index (κ3) is 2.25. The molecule has 0 aliphatic heterocycles. The molecule has 1 aromatic carbocycles. The maximum absolute atomic E-state index is 10.4. The molecule has 0 fully saturated rings. The lowest BCUT2D eigenvalue weighted by Crippen LogP contribution is -2.16. The highest BCUT2D eigenvalue weighted by molar-refractivity contribution is 5.47. The van der Waals surface area contributed by atoms with E-state index in [0.717, 1.165) is 16.9 Å². The number of ether oxygens (including phenoxy) is 1. The lowest BCUT2D eigenvalue weighted by atomic mass is 9.90. The largest absolute Gasteiger partial charge is 0.496 e. The van der Waals surface area contributed by atoms with Gasteiger partial charge in [0.1, 0.15) is 5.75 Å². The summed E-state index contributed by atoms with van der Waals surface area (Å²) in [7, 11) is 1.61. The molecule has 0 aliphatic carbocycles. The fourth-order valence-electron chi connectivity index (χ4n) is 1.76. The second kappa shape index (κ2) is 4.28. The van der Waals surface area contributed by atoms with Gasteiger partial charge in [-0.1, -0.05) is 12.1 Å². The normalized spacial score (nSPS) is 10.7. The average molecular weight is 205 g/mol. The Morgan fingerprint density at radius 1 is 1.40 bits per heavy atom. The van der Waals surface area contributed by atoms with E-state index in [1.165, 1.54) is 0 Å². The minimum atomic E-state index is -0.599. The highest BCUT2D eigenvalue weighted by Crippen LogP contribution is 2.34. The second-order valence-electron chi connectivity index (χ2n) is 3.91. The van der Waals surface area contributed by atoms with Gasteiger partial charge in [-0.25, -0.2) is 4.79 Å². The monoisotopic (exact) mass is 205 g/mol. The third-order valence-electron chi connectivity index (χ3n) is 2.39. The van der Waals surface area contributed by atoms with Crippen molar-refractivity contribution in [3.63, 3.8) is 0 Å². The van der Waals surface area contributed by atoms with Crippen LogP contribution in [0.1, 0.15) is 25.0 Å². The zero-order valence-corrected chi connectivity index (χ0v) is 9.50. The first-order chi connectivity index (χ1) is 7.03. The van der Waals surface area contributed by atoms with Crippen LogP contribution in [0.15, 0.2) is 23.2 Å². The Kier molecular flexibility index (Phi) is 3.28. The van der Waals surface area contributed by atoms with Crippen LogP contribution in [0.5, 0.6) is 5.75 Å². The number of hydrogen-bond donors (Lipinski definition) is 0. The highest BCUT2D eigenvalue weighted by atomic mass is 16.5. The van der Waals surface area contributed by atoms with E-state index >= 15 is 0 Å². The fourth-order valence-corrected chi connectivity index (χ4v) is 1.76. The van der Waals surface area contributed by atoms with Crippen LogP contribution in [0.3, 0.4) is 0 Å². The quantitative estimate of drug-likeness (QED) is 0.562. The molecule has 0 aliphatic rings. The van der Waals surface area contributed by atoms with Gasteiger partial charge in [0.05, 0.1) is 12.6 Å². The van der Waals surface area contributed by atoms with Gasteiger partial charge in [-0.2, -0.15) is 4.99 Å². The van der Waals surface area contributed by atoms with E-state index in [-0.39, 0.29) is 0 Å². The Labute approximate surface area is 89.8 Å². The van der Waals surface area contributed by atoms with E-state index in [2.05, 4.69) is 4.99 Å². The molecule has 0 saturated carbocycles. The Balaban J connectivity index is 3.40. The van der Waals surface area contributed by atoms with Crippen LogP contribution >= 0.6 is 0 Å². The summed E-state index contributed by atoms with van der Waals surface area (Å²) in [4.78, 5) is 14.2. The third-order valence-corrected chi connectivity index (χ3v) is 2.39. The van der Waals surface area contributed by atoms with Crippen molar-refractivity contribution < 1.29 is 9.53 Å². The van der Waals surface area contributed by atoms with Gasteiger partial charge >= 0.3 is 0 Å². The summed E-state index contributed by atoms with van der Waals surface area (Å²) in [5, 5.41) is 0. The van der Waals surface area contributed by atoms with Crippen LogP contribution < -0.4 is 4.74 Å². The molecule has 80 valence electrons. The van der Waals surface area contributed by atoms with Crippen molar-refractivity contribution in [2.75, 3.05) is 7.11 Å². The molecule has 0 bridgehead atoms. The van der Waals surface area contributed by atoms with Crippen LogP contribution in [0.25, 0.3) is 0 Å². The summed E-state index contributed by atoms with van der Waals surface area (Å²) in [6.07, 6.45) is 1.60. The standard InChI is InChI=1S/C12H15NO2/c1-9-6-5-7-10(15-4)11(9)12(2,3)13-8-14/h5-7H,1-4H3. The number of isocyanates is 1. The van der Waals surface area contributed by atoms with Crippen LogP contribution in [0.2, 0.25) is 0 Å². The van der Waals surface area contributed by atoms with Crippen molar-refractivity contribution in [2.45, 2.75) is 26.3 Å². The molecule has 0 unspecified atom stereocenters. The summed E-state index contributed by atoms with van der Waals surface area (Å²) < 4.78 is 5.27. The lowest BCUT2D eigenvalue weighted by Gasteiger charge is -2.23. The lowest BCUT2D eigenvalue weighted by molar-refractivity contribution is 0.393. The molecule has 1 rings (SSSR count). The number of aliphatic imine (C=N–C) groups is 1. The van der Waals surface area contributed by atoms with Crippen LogP contribution in [0.4, 0.5) is 0 Å². The van der Waals surface area contributed by atoms with E-state index < -0.39 is 5.54 Å². The minimum Gasteiger partial charge on any atom is -0.496 e. The molecule has 0 N–H and O–H groups in total. The predicted molar refractivity (Wildman–Crippen MR) is 58.9 cm³/mol. The van der Waals surface area contributed by atoms with E-state index in [1.54, 1.807) is 13.2 Å². The molecule has 0 amide bonds. The number of nitrogens with zero attached hydrogens (tertiary/aromatic N) is 1. The molecule has 0 atom stereocenters. The van der Waals surface area contributed by atoms with Gasteiger partial charge in [-0.15, -0.1) is 0 Å². The first-order valence-corrected chi connectivity index (χ1v) is 4.76. The summed E-state index contributed by atoms with van der Waals surface area (Å²) in [6, 6.07) is 5.75. The van der Waals surface area contributed by atoms with Crippen molar-refractivity contribution in [3.05, 3.63) is 29.3 Å². The van der Waals surface area contributed by atoms with Crippen molar-refractivity contribution in [2.24, 2.45) is 4.99 Å². The Bertz CT molecular complexity index is 404. The Hall–Kier alpha value is -1.60. The first-order valence-electron chi connectivity index (χ1n) is 4.76. The Morgan fingerprint density at radius 3 is 2.60 bits per heavy atom. The molecule has 0 aromatic heterocycles. The van der Waals surface area contributed by atoms with Gasteiger partial charge in [0, 0.05) is 5.56 Å². The van der Waals surface area contributed by atoms with Crippen molar-refractivity contribution >= 4 is 6.08 Å². The number of methoxy groups -OCH3 is 1. The van der Waals surface area contributed by atoms with Gasteiger partial charge in [-0.05, 0) is 32.4 Å². The molecule has 0 heterocycles. The van der Waals surface area contributed by atoms with E-state index in [4.69, 9.17) is 4.74 Å². The summed E-state index contributed by atoms with van der Waals surface area (Å²) in [5.74, 6) is 0.749. The van der Waals surface area contributed by atoms with Gasteiger partial charge in [0.15, 0.2) is 0 Å². The maximum Gasteiger partial charge on any atom is 0.235 e. The Morgan fingerprint density at radius 2 is 2.07 bits per heavy atom. The predicted octanol–water partition coefficient (Wildman–Crippen LogP) is 2.57. The molecule has 0 spiro atoms. The maximum atomic E-state index is 10.4.